The summed E-state index contributed by atoms with van der Waals surface area (Å²) in [5, 5.41) is 12.0. The summed E-state index contributed by atoms with van der Waals surface area (Å²) in [6.45, 7) is 0.00480. The molecule has 6 heteroatoms. The summed E-state index contributed by atoms with van der Waals surface area (Å²) in [6, 6.07) is 30.1. The number of para-hydroxylation sites is 1. The minimum Gasteiger partial charge on any atom is -0.496 e. The van der Waals surface area contributed by atoms with Crippen LogP contribution >= 0.6 is 0 Å². The highest BCUT2D eigenvalue weighted by molar-refractivity contribution is 6.35. The molecule has 1 aliphatic rings. The normalized spacial score (nSPS) is 12.5. The molecule has 172 valence electrons. The first kappa shape index (κ1) is 22.3. The number of benzene rings is 4. The van der Waals surface area contributed by atoms with Crippen molar-refractivity contribution in [3.63, 3.8) is 0 Å². The minimum atomic E-state index is -0.349. The summed E-state index contributed by atoms with van der Waals surface area (Å²) in [5.74, 6) is -0.249. The second-order valence-electron chi connectivity index (χ2n) is 8.01. The van der Waals surface area contributed by atoms with Gasteiger partial charge in [-0.1, -0.05) is 60.7 Å². The number of ether oxygens (including phenoxy) is 1. The van der Waals surface area contributed by atoms with E-state index in [1.165, 1.54) is 12.0 Å². The number of pyridine rings is 1. The summed E-state index contributed by atoms with van der Waals surface area (Å²) < 4.78 is 5.23. The van der Waals surface area contributed by atoms with Crippen molar-refractivity contribution in [1.29, 1.82) is 0 Å². The zero-order valence-electron chi connectivity index (χ0n) is 19.0. The van der Waals surface area contributed by atoms with E-state index in [-0.39, 0.29) is 18.4 Å². The molecule has 0 saturated heterocycles. The Morgan fingerprint density at radius 1 is 0.771 bits per heavy atom. The number of aromatic nitrogens is 1. The molecule has 5 aromatic rings. The molecule has 0 radical (unpaired) electrons. The van der Waals surface area contributed by atoms with Gasteiger partial charge < -0.3 is 9.84 Å². The zero-order chi connectivity index (χ0) is 24.4. The topological polar surface area (TPSA) is 79.7 Å². The Kier molecular flexibility index (Phi) is 5.95. The Balaban J connectivity index is 0.000000178. The maximum atomic E-state index is 12.7. The van der Waals surface area contributed by atoms with Gasteiger partial charge in [0.15, 0.2) is 0 Å². The van der Waals surface area contributed by atoms with Crippen molar-refractivity contribution in [2.45, 2.75) is 6.61 Å². The standard InChI is InChI=1S/C19H13NO3.C10H9NO/c1-23-16-8-4-7-15-17(16)19(22)20(18(15)21)14-10-9-12-5-2-3-6-13(12)11-14;12-7-9-6-5-8-3-1-2-4-10(8)11-9/h2-11H,1H3;1-6,12H,7H2. The van der Waals surface area contributed by atoms with E-state index in [1.807, 2.05) is 72.8 Å². The Labute approximate surface area is 202 Å². The van der Waals surface area contributed by atoms with Gasteiger partial charge in [0.1, 0.15) is 5.75 Å². The van der Waals surface area contributed by atoms with E-state index in [4.69, 9.17) is 9.84 Å². The lowest BCUT2D eigenvalue weighted by Gasteiger charge is -2.14. The number of hydrogen-bond donors (Lipinski definition) is 1. The molecule has 6 nitrogen and oxygen atoms in total. The van der Waals surface area contributed by atoms with E-state index in [0.717, 1.165) is 21.7 Å². The predicted octanol–water partition coefficient (Wildman–Crippen LogP) is 5.38. The Morgan fingerprint density at radius 3 is 2.26 bits per heavy atom. The van der Waals surface area contributed by atoms with Crippen LogP contribution in [0.1, 0.15) is 26.4 Å². The lowest BCUT2D eigenvalue weighted by Crippen LogP contribution is -2.29. The van der Waals surface area contributed by atoms with E-state index in [0.29, 0.717) is 28.3 Å². The molecule has 2 heterocycles. The molecule has 4 aromatic carbocycles. The summed E-state index contributed by atoms with van der Waals surface area (Å²) in [6.07, 6.45) is 0. The average molecular weight is 463 g/mol. The van der Waals surface area contributed by atoms with Gasteiger partial charge in [-0.05, 0) is 47.2 Å². The molecule has 6 rings (SSSR count). The molecule has 35 heavy (non-hydrogen) atoms. The number of aliphatic hydroxyl groups is 1. The molecule has 0 spiro atoms. The smallest absolute Gasteiger partial charge is 0.269 e. The Bertz CT molecular complexity index is 1580. The number of amides is 2. The van der Waals surface area contributed by atoms with E-state index < -0.39 is 0 Å². The first-order valence-corrected chi connectivity index (χ1v) is 11.1. The van der Waals surface area contributed by atoms with Crippen molar-refractivity contribution in [3.8, 4) is 5.75 Å². The van der Waals surface area contributed by atoms with Crippen LogP contribution in [0, 0.1) is 0 Å². The van der Waals surface area contributed by atoms with Gasteiger partial charge >= 0.3 is 0 Å². The van der Waals surface area contributed by atoms with Gasteiger partial charge in [0.05, 0.1) is 41.7 Å². The monoisotopic (exact) mass is 462 g/mol. The highest BCUT2D eigenvalue weighted by Crippen LogP contribution is 2.34. The van der Waals surface area contributed by atoms with E-state index in [2.05, 4.69) is 4.98 Å². The third kappa shape index (κ3) is 4.11. The van der Waals surface area contributed by atoms with Crippen molar-refractivity contribution in [2.75, 3.05) is 12.0 Å². The number of carbonyl (C=O) groups is 2. The number of hydrogen-bond acceptors (Lipinski definition) is 5. The zero-order valence-corrected chi connectivity index (χ0v) is 19.0. The average Bonchev–Trinajstić information content (AvgIpc) is 3.18. The second kappa shape index (κ2) is 9.37. The number of aliphatic hydroxyl groups excluding tert-OH is 1. The first-order valence-electron chi connectivity index (χ1n) is 11.1. The number of carbonyl (C=O) groups excluding carboxylic acids is 2. The SMILES string of the molecule is COc1cccc2c1C(=O)N(c1ccc3ccccc3c1)C2=O.OCc1ccc2ccccc2n1. The number of methoxy groups -OCH3 is 1. The third-order valence-electron chi connectivity index (χ3n) is 5.91. The molecule has 1 aromatic heterocycles. The first-order chi connectivity index (χ1) is 17.1. The van der Waals surface area contributed by atoms with Crippen LogP contribution in [0.25, 0.3) is 21.7 Å². The quantitative estimate of drug-likeness (QED) is 0.364. The Hall–Kier alpha value is -4.55. The van der Waals surface area contributed by atoms with Gasteiger partial charge in [-0.15, -0.1) is 0 Å². The van der Waals surface area contributed by atoms with Gasteiger partial charge in [-0.2, -0.15) is 0 Å². The molecule has 0 unspecified atom stereocenters. The van der Waals surface area contributed by atoms with Crippen LogP contribution in [0.2, 0.25) is 0 Å². The molecule has 0 aliphatic carbocycles. The lowest BCUT2D eigenvalue weighted by atomic mass is 10.1. The van der Waals surface area contributed by atoms with Crippen LogP contribution in [0.5, 0.6) is 5.75 Å². The molecule has 1 N–H and O–H groups in total. The van der Waals surface area contributed by atoms with Gasteiger partial charge in [0, 0.05) is 5.39 Å². The fourth-order valence-corrected chi connectivity index (χ4v) is 4.17. The summed E-state index contributed by atoms with van der Waals surface area (Å²) in [7, 11) is 1.49. The predicted molar refractivity (Wildman–Crippen MR) is 136 cm³/mol. The molecular weight excluding hydrogens is 440 g/mol. The van der Waals surface area contributed by atoms with E-state index in [9.17, 15) is 9.59 Å². The van der Waals surface area contributed by atoms with Gasteiger partial charge in [-0.3, -0.25) is 14.6 Å². The lowest BCUT2D eigenvalue weighted by molar-refractivity contribution is 0.0925. The minimum absolute atomic E-state index is 0.00480. The second-order valence-corrected chi connectivity index (χ2v) is 8.01. The molecule has 2 amide bonds. The maximum Gasteiger partial charge on any atom is 0.269 e. The summed E-state index contributed by atoms with van der Waals surface area (Å²) >= 11 is 0. The maximum absolute atomic E-state index is 12.7. The van der Waals surface area contributed by atoms with Crippen LogP contribution in [-0.4, -0.2) is 29.0 Å². The third-order valence-corrected chi connectivity index (χ3v) is 5.91. The van der Waals surface area contributed by atoms with Gasteiger partial charge in [-0.25, -0.2) is 4.90 Å². The van der Waals surface area contributed by atoms with Gasteiger partial charge in [0.25, 0.3) is 11.8 Å². The van der Waals surface area contributed by atoms with Crippen LogP contribution in [0.4, 0.5) is 5.69 Å². The molecule has 0 bridgehead atoms. The van der Waals surface area contributed by atoms with E-state index >= 15 is 0 Å². The number of rotatable bonds is 3. The van der Waals surface area contributed by atoms with Crippen molar-refractivity contribution in [1.82, 2.24) is 4.98 Å². The number of anilines is 1. The Morgan fingerprint density at radius 2 is 1.49 bits per heavy atom. The molecule has 1 aliphatic heterocycles. The number of imide groups is 1. The molecular formula is C29H22N2O4. The van der Waals surface area contributed by atoms with Crippen LogP contribution in [0.15, 0.2) is 97.1 Å². The van der Waals surface area contributed by atoms with Crippen LogP contribution in [-0.2, 0) is 6.61 Å². The summed E-state index contributed by atoms with van der Waals surface area (Å²) in [5.41, 5.74) is 2.92. The van der Waals surface area contributed by atoms with Crippen LogP contribution < -0.4 is 9.64 Å². The van der Waals surface area contributed by atoms with Crippen molar-refractivity contribution < 1.29 is 19.4 Å². The molecule has 0 saturated carbocycles. The molecule has 0 atom stereocenters. The van der Waals surface area contributed by atoms with Crippen molar-refractivity contribution >= 4 is 39.2 Å². The largest absolute Gasteiger partial charge is 0.496 e. The fraction of sp³-hybridized carbons (Fsp3) is 0.0690. The van der Waals surface area contributed by atoms with Crippen LogP contribution in [0.3, 0.4) is 0 Å². The van der Waals surface area contributed by atoms with E-state index in [1.54, 1.807) is 24.3 Å². The number of fused-ring (bicyclic) bond motifs is 3. The van der Waals surface area contributed by atoms with Gasteiger partial charge in [0.2, 0.25) is 0 Å². The highest BCUT2D eigenvalue weighted by Gasteiger charge is 2.39. The molecule has 0 fully saturated rings. The fourth-order valence-electron chi connectivity index (χ4n) is 4.17. The highest BCUT2D eigenvalue weighted by atomic mass is 16.5. The number of nitrogens with zero attached hydrogens (tertiary/aromatic N) is 2. The van der Waals surface area contributed by atoms with Crippen molar-refractivity contribution in [2.24, 2.45) is 0 Å². The van der Waals surface area contributed by atoms with Crippen molar-refractivity contribution in [3.05, 3.63) is 114 Å². The summed E-state index contributed by atoms with van der Waals surface area (Å²) in [4.78, 5) is 30.9.